The number of nitrogens with one attached hydrogen (secondary N) is 4. The minimum absolute atomic E-state index is 0.121. The molecular weight excluding hydrogens is 472 g/mol. The molecule has 0 aromatic rings. The summed E-state index contributed by atoms with van der Waals surface area (Å²) in [6.07, 6.45) is -0.256. The molecule has 0 aromatic heterocycles. The fourth-order valence-corrected chi connectivity index (χ4v) is 2.62. The van der Waals surface area contributed by atoms with Crippen molar-refractivity contribution in [2.24, 2.45) is 11.5 Å². The fourth-order valence-electron chi connectivity index (χ4n) is 2.62. The molecule has 0 bridgehead atoms. The van der Waals surface area contributed by atoms with Crippen LogP contribution in [0.4, 0.5) is 0 Å². The van der Waals surface area contributed by atoms with Crippen LogP contribution in [0.3, 0.4) is 0 Å². The minimum Gasteiger partial charge on any atom is -0.481 e. The van der Waals surface area contributed by atoms with Gasteiger partial charge in [0, 0.05) is 6.42 Å². The lowest BCUT2D eigenvalue weighted by atomic mass is 10.1. The van der Waals surface area contributed by atoms with Gasteiger partial charge in [-0.2, -0.15) is 0 Å². The number of unbranched alkanes of at least 4 members (excludes halogenated alkanes) is 1. The third-order valence-corrected chi connectivity index (χ3v) is 4.46. The molecule has 0 spiro atoms. The van der Waals surface area contributed by atoms with Gasteiger partial charge in [0.1, 0.15) is 12.1 Å². The topological polar surface area (TPSA) is 280 Å². The van der Waals surface area contributed by atoms with Gasteiger partial charge in [-0.05, 0) is 32.2 Å². The SMILES string of the molecule is NCCCC[C@H](NC(=O)CNC(=O)[C@H](CC(=O)O)NC(=O)CNC(=O)[C@@H](N)CCC(=O)O)C(=O)O. The largest absolute Gasteiger partial charge is 0.481 e. The van der Waals surface area contributed by atoms with Crippen LogP contribution in [0.15, 0.2) is 0 Å². The maximum Gasteiger partial charge on any atom is 0.326 e. The molecule has 0 radical (unpaired) electrons. The van der Waals surface area contributed by atoms with E-state index in [4.69, 9.17) is 26.8 Å². The number of aliphatic carboxylic acids is 3. The Kier molecular flexibility index (Phi) is 15.0. The second kappa shape index (κ2) is 16.8. The van der Waals surface area contributed by atoms with Gasteiger partial charge in [0.25, 0.3) is 0 Å². The Morgan fingerprint density at radius 1 is 0.714 bits per heavy atom. The molecule has 0 fully saturated rings. The Bertz CT molecular complexity index is 790. The number of hydrogen-bond acceptors (Lipinski definition) is 9. The second-order valence-electron chi connectivity index (χ2n) is 7.44. The van der Waals surface area contributed by atoms with Crippen LogP contribution in [0.5, 0.6) is 0 Å². The van der Waals surface area contributed by atoms with E-state index in [-0.39, 0.29) is 19.3 Å². The Morgan fingerprint density at radius 2 is 1.26 bits per heavy atom. The number of carboxylic acid groups (broad SMARTS) is 3. The van der Waals surface area contributed by atoms with Crippen molar-refractivity contribution >= 4 is 41.5 Å². The summed E-state index contributed by atoms with van der Waals surface area (Å²) in [6, 6.07) is -4.00. The Morgan fingerprint density at radius 3 is 1.74 bits per heavy atom. The molecule has 0 saturated heterocycles. The highest BCUT2D eigenvalue weighted by molar-refractivity contribution is 5.94. The van der Waals surface area contributed by atoms with E-state index < -0.39 is 79.2 Å². The Labute approximate surface area is 200 Å². The molecule has 0 aliphatic rings. The molecule has 35 heavy (non-hydrogen) atoms. The van der Waals surface area contributed by atoms with E-state index in [9.17, 15) is 33.6 Å². The van der Waals surface area contributed by atoms with E-state index in [1.54, 1.807) is 0 Å². The monoisotopic (exact) mass is 504 g/mol. The van der Waals surface area contributed by atoms with Crippen molar-refractivity contribution in [3.8, 4) is 0 Å². The average molecular weight is 504 g/mol. The van der Waals surface area contributed by atoms with E-state index >= 15 is 0 Å². The molecule has 3 atom stereocenters. The number of nitrogens with two attached hydrogens (primary N) is 2. The Balaban J connectivity index is 4.76. The number of hydrogen-bond donors (Lipinski definition) is 9. The van der Waals surface area contributed by atoms with E-state index in [1.165, 1.54) is 0 Å². The third kappa shape index (κ3) is 14.9. The summed E-state index contributed by atoms with van der Waals surface area (Å²) >= 11 is 0. The minimum atomic E-state index is -1.61. The van der Waals surface area contributed by atoms with Crippen molar-refractivity contribution in [1.29, 1.82) is 0 Å². The standard InChI is InChI=1S/C19H32N6O10/c20-6-2-1-3-11(19(34)35)24-13(26)9-23-18(33)12(7-16(30)31)25-14(27)8-22-17(32)10(21)4-5-15(28)29/h10-12H,1-9,20-21H2,(H,22,32)(H,23,33)(H,24,26)(H,25,27)(H,28,29)(H,30,31)(H,34,35)/t10-,11-,12-/m0/s1. The van der Waals surface area contributed by atoms with Crippen molar-refractivity contribution in [3.05, 3.63) is 0 Å². The Hall–Kier alpha value is -3.79. The van der Waals surface area contributed by atoms with Gasteiger partial charge in [0.15, 0.2) is 0 Å². The quantitative estimate of drug-likeness (QED) is 0.0809. The summed E-state index contributed by atoms with van der Waals surface area (Å²) in [5, 5.41) is 35.3. The predicted octanol–water partition coefficient (Wildman–Crippen LogP) is -3.93. The second-order valence-corrected chi connectivity index (χ2v) is 7.44. The lowest BCUT2D eigenvalue weighted by Crippen LogP contribution is -2.53. The molecule has 0 heterocycles. The van der Waals surface area contributed by atoms with Crippen LogP contribution >= 0.6 is 0 Å². The summed E-state index contributed by atoms with van der Waals surface area (Å²) < 4.78 is 0. The maximum atomic E-state index is 12.3. The molecule has 0 saturated carbocycles. The van der Waals surface area contributed by atoms with Gasteiger partial charge in [0.05, 0.1) is 25.6 Å². The van der Waals surface area contributed by atoms with Crippen molar-refractivity contribution in [1.82, 2.24) is 21.3 Å². The van der Waals surface area contributed by atoms with E-state index in [1.807, 2.05) is 0 Å². The summed E-state index contributed by atoms with van der Waals surface area (Å²) in [6.45, 7) is -0.999. The highest BCUT2D eigenvalue weighted by atomic mass is 16.4. The van der Waals surface area contributed by atoms with Crippen LogP contribution in [0, 0.1) is 0 Å². The highest BCUT2D eigenvalue weighted by Crippen LogP contribution is 2.01. The number of carbonyl (C=O) groups excluding carboxylic acids is 4. The summed E-state index contributed by atoms with van der Waals surface area (Å²) in [5.74, 6) is -7.52. The summed E-state index contributed by atoms with van der Waals surface area (Å²) in [4.78, 5) is 80.8. The lowest BCUT2D eigenvalue weighted by molar-refractivity contribution is -0.142. The van der Waals surface area contributed by atoms with E-state index in [0.717, 1.165) is 0 Å². The number of carbonyl (C=O) groups is 7. The molecule has 0 rings (SSSR count). The normalized spacial score (nSPS) is 13.0. The molecule has 16 heteroatoms. The van der Waals surface area contributed by atoms with Crippen LogP contribution in [-0.2, 0) is 33.6 Å². The van der Waals surface area contributed by atoms with E-state index in [2.05, 4.69) is 21.3 Å². The molecule has 0 unspecified atom stereocenters. The first-order valence-electron chi connectivity index (χ1n) is 10.6. The van der Waals surface area contributed by atoms with Gasteiger partial charge < -0.3 is 48.1 Å². The molecular formula is C19H32N6O10. The number of carboxylic acids is 3. The van der Waals surface area contributed by atoms with Crippen molar-refractivity contribution in [2.45, 2.75) is 56.7 Å². The zero-order valence-corrected chi connectivity index (χ0v) is 19.0. The van der Waals surface area contributed by atoms with Crippen LogP contribution in [0.2, 0.25) is 0 Å². The zero-order valence-electron chi connectivity index (χ0n) is 19.0. The van der Waals surface area contributed by atoms with Crippen LogP contribution in [0.25, 0.3) is 0 Å². The van der Waals surface area contributed by atoms with Gasteiger partial charge >= 0.3 is 17.9 Å². The third-order valence-electron chi connectivity index (χ3n) is 4.46. The average Bonchev–Trinajstić information content (AvgIpc) is 2.77. The number of rotatable bonds is 18. The van der Waals surface area contributed by atoms with Crippen LogP contribution < -0.4 is 32.7 Å². The van der Waals surface area contributed by atoms with Gasteiger partial charge in [-0.3, -0.25) is 28.8 Å². The van der Waals surface area contributed by atoms with Crippen LogP contribution in [-0.4, -0.2) is 94.6 Å². The van der Waals surface area contributed by atoms with Crippen molar-refractivity contribution in [3.63, 3.8) is 0 Å². The maximum absolute atomic E-state index is 12.3. The molecule has 198 valence electrons. The first kappa shape index (κ1) is 31.2. The van der Waals surface area contributed by atoms with Gasteiger partial charge in [-0.25, -0.2) is 4.79 Å². The first-order valence-corrected chi connectivity index (χ1v) is 10.6. The summed E-state index contributed by atoms with van der Waals surface area (Å²) in [7, 11) is 0. The molecule has 16 nitrogen and oxygen atoms in total. The first-order chi connectivity index (χ1) is 16.4. The van der Waals surface area contributed by atoms with Crippen molar-refractivity contribution < 1.29 is 48.9 Å². The van der Waals surface area contributed by atoms with Gasteiger partial charge in [-0.1, -0.05) is 0 Å². The smallest absolute Gasteiger partial charge is 0.326 e. The predicted molar refractivity (Wildman–Crippen MR) is 118 cm³/mol. The van der Waals surface area contributed by atoms with Gasteiger partial charge in [0.2, 0.25) is 23.6 Å². The van der Waals surface area contributed by atoms with Crippen molar-refractivity contribution in [2.75, 3.05) is 19.6 Å². The van der Waals surface area contributed by atoms with Gasteiger partial charge in [-0.15, -0.1) is 0 Å². The molecule has 0 aromatic carbocycles. The fraction of sp³-hybridized carbons (Fsp3) is 0.632. The zero-order chi connectivity index (χ0) is 27.0. The molecule has 4 amide bonds. The molecule has 11 N–H and O–H groups in total. The molecule has 0 aliphatic heterocycles. The van der Waals surface area contributed by atoms with Crippen LogP contribution in [0.1, 0.15) is 38.5 Å². The number of amides is 4. The summed E-state index contributed by atoms with van der Waals surface area (Å²) in [5.41, 5.74) is 10.8. The molecule has 0 aliphatic carbocycles. The highest BCUT2D eigenvalue weighted by Gasteiger charge is 2.26. The lowest BCUT2D eigenvalue weighted by Gasteiger charge is -2.18. The van der Waals surface area contributed by atoms with E-state index in [0.29, 0.717) is 19.4 Å².